The molecule has 0 bridgehead atoms. The highest BCUT2D eigenvalue weighted by molar-refractivity contribution is 7.08. The van der Waals surface area contributed by atoms with Gasteiger partial charge >= 0.3 is 0 Å². The van der Waals surface area contributed by atoms with Crippen LogP contribution in [0.3, 0.4) is 0 Å². The number of thiophene rings is 1. The number of para-hydroxylation sites is 2. The molecule has 2 heterocycles. The maximum atomic E-state index is 12.9. The first kappa shape index (κ1) is 19.5. The summed E-state index contributed by atoms with van der Waals surface area (Å²) in [6.07, 6.45) is 0. The van der Waals surface area contributed by atoms with Crippen molar-refractivity contribution in [2.75, 3.05) is 5.32 Å². The first-order valence-corrected chi connectivity index (χ1v) is 11.1. The summed E-state index contributed by atoms with van der Waals surface area (Å²) in [5.41, 5.74) is 5.73. The van der Waals surface area contributed by atoms with Crippen LogP contribution in [-0.4, -0.2) is 15.5 Å². The van der Waals surface area contributed by atoms with Crippen molar-refractivity contribution < 1.29 is 4.79 Å². The molecule has 0 radical (unpaired) electrons. The minimum absolute atomic E-state index is 0.0983. The molecule has 4 nitrogen and oxygen atoms in total. The third kappa shape index (κ3) is 4.10. The summed E-state index contributed by atoms with van der Waals surface area (Å²) >= 11 is 7.58. The Kier molecular flexibility index (Phi) is 5.28. The zero-order valence-corrected chi connectivity index (χ0v) is 18.0. The number of benzene rings is 3. The summed E-state index contributed by atoms with van der Waals surface area (Å²) in [6, 6.07) is 25.4. The van der Waals surface area contributed by atoms with Crippen molar-refractivity contribution in [3.05, 3.63) is 94.6 Å². The molecule has 0 aliphatic carbocycles. The predicted molar refractivity (Wildman–Crippen MR) is 129 cm³/mol. The predicted octanol–water partition coefficient (Wildman–Crippen LogP) is 6.72. The SMILES string of the molecule is O=C(Cn1c(-c2ccsc2)nc2ccccc21)Nc1ccc(-c2ccc(Cl)cc2)cc1. The number of anilines is 1. The molecule has 5 aromatic rings. The molecule has 0 unspecified atom stereocenters. The minimum Gasteiger partial charge on any atom is -0.325 e. The number of amides is 1. The zero-order valence-electron chi connectivity index (χ0n) is 16.5. The van der Waals surface area contributed by atoms with Crippen LogP contribution in [0.1, 0.15) is 0 Å². The number of aromatic nitrogens is 2. The molecule has 3 aromatic carbocycles. The second-order valence-electron chi connectivity index (χ2n) is 7.15. The molecule has 0 aliphatic rings. The Hall–Kier alpha value is -3.41. The lowest BCUT2D eigenvalue weighted by atomic mass is 10.1. The monoisotopic (exact) mass is 443 g/mol. The van der Waals surface area contributed by atoms with E-state index in [9.17, 15) is 4.79 Å². The number of carbonyl (C=O) groups is 1. The van der Waals surface area contributed by atoms with E-state index in [1.165, 1.54) is 0 Å². The molecule has 2 aromatic heterocycles. The minimum atomic E-state index is -0.0983. The number of nitrogens with one attached hydrogen (secondary N) is 1. The van der Waals surface area contributed by atoms with E-state index >= 15 is 0 Å². The van der Waals surface area contributed by atoms with Gasteiger partial charge in [0.05, 0.1) is 11.0 Å². The summed E-state index contributed by atoms with van der Waals surface area (Å²) < 4.78 is 1.97. The van der Waals surface area contributed by atoms with Crippen molar-refractivity contribution in [1.29, 1.82) is 0 Å². The van der Waals surface area contributed by atoms with Crippen LogP contribution in [0.4, 0.5) is 5.69 Å². The topological polar surface area (TPSA) is 46.9 Å². The fourth-order valence-electron chi connectivity index (χ4n) is 3.58. The van der Waals surface area contributed by atoms with Gasteiger partial charge in [0.1, 0.15) is 12.4 Å². The van der Waals surface area contributed by atoms with Gasteiger partial charge in [-0.2, -0.15) is 11.3 Å². The fraction of sp³-hybridized carbons (Fsp3) is 0.0400. The van der Waals surface area contributed by atoms with Crippen molar-refractivity contribution >= 4 is 45.6 Å². The summed E-state index contributed by atoms with van der Waals surface area (Å²) in [5.74, 6) is 0.703. The molecule has 152 valence electrons. The largest absolute Gasteiger partial charge is 0.325 e. The van der Waals surface area contributed by atoms with Crippen molar-refractivity contribution in [1.82, 2.24) is 9.55 Å². The number of carbonyl (C=O) groups excluding carboxylic acids is 1. The summed E-state index contributed by atoms with van der Waals surface area (Å²) in [5, 5.41) is 7.77. The normalized spacial score (nSPS) is 11.0. The second-order valence-corrected chi connectivity index (χ2v) is 8.37. The van der Waals surface area contributed by atoms with Crippen LogP contribution in [0.25, 0.3) is 33.5 Å². The number of imidazole rings is 1. The lowest BCUT2D eigenvalue weighted by molar-refractivity contribution is -0.116. The molecular formula is C25H18ClN3OS. The van der Waals surface area contributed by atoms with Crippen molar-refractivity contribution in [2.24, 2.45) is 0 Å². The first-order valence-electron chi connectivity index (χ1n) is 9.81. The van der Waals surface area contributed by atoms with E-state index in [1.807, 2.05) is 94.2 Å². The summed E-state index contributed by atoms with van der Waals surface area (Å²) in [4.78, 5) is 17.6. The van der Waals surface area contributed by atoms with Gasteiger partial charge in [-0.25, -0.2) is 4.98 Å². The summed E-state index contributed by atoms with van der Waals surface area (Å²) in [7, 11) is 0. The van der Waals surface area contributed by atoms with Crippen molar-refractivity contribution in [3.63, 3.8) is 0 Å². The van der Waals surface area contributed by atoms with E-state index in [0.29, 0.717) is 5.02 Å². The Morgan fingerprint density at radius 1 is 0.903 bits per heavy atom. The molecule has 0 fully saturated rings. The third-order valence-electron chi connectivity index (χ3n) is 5.08. The van der Waals surface area contributed by atoms with Gasteiger partial charge in [0, 0.05) is 21.7 Å². The van der Waals surface area contributed by atoms with E-state index < -0.39 is 0 Å². The molecule has 5 rings (SSSR count). The number of hydrogen-bond acceptors (Lipinski definition) is 3. The highest BCUT2D eigenvalue weighted by Crippen LogP contribution is 2.27. The number of fused-ring (bicyclic) bond motifs is 1. The Labute approximate surface area is 188 Å². The molecule has 0 spiro atoms. The van der Waals surface area contributed by atoms with Gasteiger partial charge in [0.25, 0.3) is 0 Å². The van der Waals surface area contributed by atoms with Crippen LogP contribution in [0.5, 0.6) is 0 Å². The van der Waals surface area contributed by atoms with Crippen LogP contribution in [-0.2, 0) is 11.3 Å². The van der Waals surface area contributed by atoms with Gasteiger partial charge in [-0.15, -0.1) is 0 Å². The number of rotatable bonds is 5. The van der Waals surface area contributed by atoms with E-state index in [2.05, 4.69) is 5.32 Å². The van der Waals surface area contributed by atoms with Gasteiger partial charge in [0.2, 0.25) is 5.91 Å². The third-order valence-corrected chi connectivity index (χ3v) is 6.02. The highest BCUT2D eigenvalue weighted by atomic mass is 35.5. The van der Waals surface area contributed by atoms with Crippen LogP contribution >= 0.6 is 22.9 Å². The van der Waals surface area contributed by atoms with Gasteiger partial charge in [-0.05, 0) is 59.0 Å². The van der Waals surface area contributed by atoms with Crippen LogP contribution in [0.15, 0.2) is 89.6 Å². The van der Waals surface area contributed by atoms with Gasteiger partial charge in [0.15, 0.2) is 0 Å². The average Bonchev–Trinajstić information content (AvgIpc) is 3.43. The standard InChI is InChI=1S/C25H18ClN3OS/c26-20-9-5-17(6-10-20)18-7-11-21(12-8-18)27-24(30)15-29-23-4-2-1-3-22(23)28-25(29)19-13-14-31-16-19/h1-14,16H,15H2,(H,27,30). The molecule has 0 atom stereocenters. The van der Waals surface area contributed by atoms with Gasteiger partial charge < -0.3 is 9.88 Å². The maximum absolute atomic E-state index is 12.9. The molecule has 0 saturated carbocycles. The van der Waals surface area contributed by atoms with E-state index in [1.54, 1.807) is 11.3 Å². The molecule has 0 aliphatic heterocycles. The molecule has 1 amide bonds. The molecular weight excluding hydrogens is 426 g/mol. The molecule has 1 N–H and O–H groups in total. The maximum Gasteiger partial charge on any atom is 0.244 e. The molecule has 0 saturated heterocycles. The first-order chi connectivity index (χ1) is 15.2. The quantitative estimate of drug-likeness (QED) is 0.327. The van der Waals surface area contributed by atoms with Gasteiger partial charge in [-0.1, -0.05) is 48.0 Å². The highest BCUT2D eigenvalue weighted by Gasteiger charge is 2.15. The van der Waals surface area contributed by atoms with E-state index in [-0.39, 0.29) is 12.5 Å². The second kappa shape index (κ2) is 8.38. The Bertz CT molecular complexity index is 1340. The Balaban J connectivity index is 1.37. The van der Waals surface area contributed by atoms with Gasteiger partial charge in [-0.3, -0.25) is 4.79 Å². The average molecular weight is 444 g/mol. The number of nitrogens with zero attached hydrogens (tertiary/aromatic N) is 2. The van der Waals surface area contributed by atoms with Crippen LogP contribution < -0.4 is 5.32 Å². The number of hydrogen-bond donors (Lipinski definition) is 1. The Morgan fingerprint density at radius 2 is 1.61 bits per heavy atom. The summed E-state index contributed by atoms with van der Waals surface area (Å²) in [6.45, 7) is 0.185. The van der Waals surface area contributed by atoms with Crippen LogP contribution in [0.2, 0.25) is 5.02 Å². The fourth-order valence-corrected chi connectivity index (χ4v) is 4.34. The smallest absolute Gasteiger partial charge is 0.244 e. The Morgan fingerprint density at radius 3 is 2.32 bits per heavy atom. The lowest BCUT2D eigenvalue weighted by Crippen LogP contribution is -2.19. The van der Waals surface area contributed by atoms with E-state index in [4.69, 9.17) is 16.6 Å². The van der Waals surface area contributed by atoms with Crippen LogP contribution in [0, 0.1) is 0 Å². The zero-order chi connectivity index (χ0) is 21.2. The van der Waals surface area contributed by atoms with Crippen molar-refractivity contribution in [2.45, 2.75) is 6.54 Å². The molecule has 6 heteroatoms. The van der Waals surface area contributed by atoms with E-state index in [0.717, 1.165) is 39.2 Å². The number of halogens is 1. The molecule has 31 heavy (non-hydrogen) atoms. The van der Waals surface area contributed by atoms with Crippen molar-refractivity contribution in [3.8, 4) is 22.5 Å². The lowest BCUT2D eigenvalue weighted by Gasteiger charge is -2.10.